The third-order valence-electron chi connectivity index (χ3n) is 8.67. The first-order valence-electron chi connectivity index (χ1n) is 13.0. The zero-order valence-electron chi connectivity index (χ0n) is 20.5. The maximum atomic E-state index is 13.5. The summed E-state index contributed by atoms with van der Waals surface area (Å²) in [5, 5.41) is 4.27. The number of hydrogen-bond acceptors (Lipinski definition) is 3. The van der Waals surface area contributed by atoms with Crippen molar-refractivity contribution in [3.8, 4) is 5.75 Å². The first-order chi connectivity index (χ1) is 16.0. The van der Waals surface area contributed by atoms with E-state index in [0.717, 1.165) is 55.6 Å². The summed E-state index contributed by atoms with van der Waals surface area (Å²) < 4.78 is 7.87. The van der Waals surface area contributed by atoms with Crippen molar-refractivity contribution in [2.75, 3.05) is 6.61 Å². The molecule has 0 bridgehead atoms. The van der Waals surface area contributed by atoms with Gasteiger partial charge in [-0.25, -0.2) is 0 Å². The van der Waals surface area contributed by atoms with Crippen molar-refractivity contribution in [3.63, 3.8) is 0 Å². The normalized spacial score (nSPS) is 29.6. The molecule has 0 aliphatic heterocycles. The van der Waals surface area contributed by atoms with Crippen molar-refractivity contribution >= 4 is 11.9 Å². The van der Waals surface area contributed by atoms with Crippen molar-refractivity contribution in [2.45, 2.75) is 77.6 Å². The van der Waals surface area contributed by atoms with E-state index in [1.54, 1.807) is 4.68 Å². The van der Waals surface area contributed by atoms with Crippen molar-refractivity contribution in [2.24, 2.45) is 24.3 Å². The Balaban J connectivity index is 1.32. The molecule has 4 heteroatoms. The van der Waals surface area contributed by atoms with Gasteiger partial charge in [-0.15, -0.1) is 0 Å². The van der Waals surface area contributed by atoms with E-state index < -0.39 is 0 Å². The van der Waals surface area contributed by atoms with Crippen molar-refractivity contribution < 1.29 is 9.53 Å². The first-order valence-corrected chi connectivity index (χ1v) is 13.0. The zero-order chi connectivity index (χ0) is 23.0. The minimum Gasteiger partial charge on any atom is -0.494 e. The van der Waals surface area contributed by atoms with E-state index in [1.165, 1.54) is 36.8 Å². The maximum absolute atomic E-state index is 13.5. The second kappa shape index (κ2) is 9.12. The number of fused-ring (bicyclic) bond motifs is 5. The number of nitrogens with zero attached hydrogens (tertiary/aromatic N) is 2. The Kier molecular flexibility index (Phi) is 6.20. The van der Waals surface area contributed by atoms with Gasteiger partial charge < -0.3 is 4.74 Å². The molecule has 2 saturated carbocycles. The SMILES string of the molecule is CCCCCCOc1ccc2c(c1)CCC1C2CCC2(C)C(=O)/C(=C/c3cnn(C)c3)CC12. The number of Topliss-reactive ketones (excluding diaryl/α,β-unsaturated/α-hetero) is 1. The van der Waals surface area contributed by atoms with E-state index in [1.807, 2.05) is 19.4 Å². The second-order valence-electron chi connectivity index (χ2n) is 10.8. The number of carbonyl (C=O) groups is 1. The fraction of sp³-hybridized carbons (Fsp3) is 0.586. The number of carbonyl (C=O) groups excluding carboxylic acids is 1. The van der Waals surface area contributed by atoms with Crippen LogP contribution in [0.25, 0.3) is 6.08 Å². The molecular weight excluding hydrogens is 408 g/mol. The van der Waals surface area contributed by atoms with Gasteiger partial charge in [0.25, 0.3) is 0 Å². The van der Waals surface area contributed by atoms with E-state index in [-0.39, 0.29) is 5.41 Å². The molecule has 2 fully saturated rings. The van der Waals surface area contributed by atoms with E-state index in [9.17, 15) is 4.79 Å². The Morgan fingerprint density at radius 1 is 1.24 bits per heavy atom. The predicted octanol–water partition coefficient (Wildman–Crippen LogP) is 6.50. The van der Waals surface area contributed by atoms with E-state index in [4.69, 9.17) is 4.74 Å². The Labute approximate surface area is 198 Å². The van der Waals surface area contributed by atoms with Crippen LogP contribution in [-0.2, 0) is 18.3 Å². The van der Waals surface area contributed by atoms with Crippen LogP contribution in [0.15, 0.2) is 36.2 Å². The lowest BCUT2D eigenvalue weighted by Gasteiger charge is -2.48. The minimum atomic E-state index is -0.200. The average molecular weight is 447 g/mol. The van der Waals surface area contributed by atoms with Gasteiger partial charge in [-0.3, -0.25) is 9.48 Å². The number of benzene rings is 1. The van der Waals surface area contributed by atoms with Crippen LogP contribution in [-0.4, -0.2) is 22.2 Å². The summed E-state index contributed by atoms with van der Waals surface area (Å²) in [4.78, 5) is 13.5. The highest BCUT2D eigenvalue weighted by Gasteiger charge is 2.56. The van der Waals surface area contributed by atoms with Crippen molar-refractivity contribution in [3.05, 3.63) is 52.9 Å². The van der Waals surface area contributed by atoms with Gasteiger partial charge in [0.1, 0.15) is 5.75 Å². The highest BCUT2D eigenvalue weighted by molar-refractivity contribution is 6.05. The molecule has 1 heterocycles. The van der Waals surface area contributed by atoms with Crippen LogP contribution in [0.5, 0.6) is 5.75 Å². The molecule has 4 atom stereocenters. The van der Waals surface area contributed by atoms with Crippen LogP contribution < -0.4 is 4.74 Å². The molecule has 4 unspecified atom stereocenters. The van der Waals surface area contributed by atoms with E-state index in [2.05, 4.69) is 43.2 Å². The van der Waals surface area contributed by atoms with Gasteiger partial charge >= 0.3 is 0 Å². The number of ether oxygens (including phenoxy) is 1. The summed E-state index contributed by atoms with van der Waals surface area (Å²) in [6, 6.07) is 6.81. The molecular formula is C29H38N2O2. The maximum Gasteiger partial charge on any atom is 0.165 e. The smallest absolute Gasteiger partial charge is 0.165 e. The summed E-state index contributed by atoms with van der Waals surface area (Å²) in [6.45, 7) is 5.30. The number of hydrogen-bond donors (Lipinski definition) is 0. The summed E-state index contributed by atoms with van der Waals surface area (Å²) in [5.41, 5.74) is 4.84. The van der Waals surface area contributed by atoms with Crippen LogP contribution in [0, 0.1) is 17.3 Å². The fourth-order valence-corrected chi connectivity index (χ4v) is 6.88. The molecule has 5 rings (SSSR count). The van der Waals surface area contributed by atoms with Gasteiger partial charge in [0.15, 0.2) is 5.78 Å². The quantitative estimate of drug-likeness (QED) is 0.360. The summed E-state index contributed by atoms with van der Waals surface area (Å²) in [7, 11) is 1.92. The number of aryl methyl sites for hydroxylation is 2. The molecule has 0 amide bonds. The lowest BCUT2D eigenvalue weighted by Crippen LogP contribution is -2.42. The molecule has 1 aromatic carbocycles. The lowest BCUT2D eigenvalue weighted by molar-refractivity contribution is -0.127. The van der Waals surface area contributed by atoms with Crippen LogP contribution in [0.3, 0.4) is 0 Å². The van der Waals surface area contributed by atoms with Crippen LogP contribution in [0.1, 0.15) is 87.8 Å². The largest absolute Gasteiger partial charge is 0.494 e. The average Bonchev–Trinajstić information content (AvgIpc) is 3.34. The predicted molar refractivity (Wildman–Crippen MR) is 132 cm³/mol. The van der Waals surface area contributed by atoms with Gasteiger partial charge in [-0.2, -0.15) is 5.10 Å². The van der Waals surface area contributed by atoms with Gasteiger partial charge in [0.05, 0.1) is 12.8 Å². The summed E-state index contributed by atoms with van der Waals surface area (Å²) in [5.74, 6) is 3.04. The fourth-order valence-electron chi connectivity index (χ4n) is 6.88. The van der Waals surface area contributed by atoms with Crippen LogP contribution in [0.2, 0.25) is 0 Å². The molecule has 0 spiro atoms. The van der Waals surface area contributed by atoms with Gasteiger partial charge in [-0.1, -0.05) is 39.2 Å². The molecule has 3 aliphatic rings. The molecule has 176 valence electrons. The number of ketones is 1. The van der Waals surface area contributed by atoms with Crippen molar-refractivity contribution in [1.29, 1.82) is 0 Å². The van der Waals surface area contributed by atoms with Crippen molar-refractivity contribution in [1.82, 2.24) is 9.78 Å². The van der Waals surface area contributed by atoms with Crippen LogP contribution >= 0.6 is 0 Å². The highest BCUT2D eigenvalue weighted by Crippen LogP contribution is 2.60. The van der Waals surface area contributed by atoms with Gasteiger partial charge in [0.2, 0.25) is 0 Å². The lowest BCUT2D eigenvalue weighted by atomic mass is 9.55. The zero-order valence-corrected chi connectivity index (χ0v) is 20.5. The molecule has 1 aromatic heterocycles. The minimum absolute atomic E-state index is 0.200. The molecule has 3 aliphatic carbocycles. The number of allylic oxidation sites excluding steroid dienone is 1. The van der Waals surface area contributed by atoms with Crippen LogP contribution in [0.4, 0.5) is 0 Å². The third-order valence-corrected chi connectivity index (χ3v) is 8.67. The van der Waals surface area contributed by atoms with Gasteiger partial charge in [-0.05, 0) is 91.2 Å². The monoisotopic (exact) mass is 446 g/mol. The van der Waals surface area contributed by atoms with E-state index >= 15 is 0 Å². The number of aromatic nitrogens is 2. The Hall–Kier alpha value is -2.36. The molecule has 2 aromatic rings. The Morgan fingerprint density at radius 3 is 2.91 bits per heavy atom. The number of unbranched alkanes of at least 4 members (excludes halogenated alkanes) is 3. The third kappa shape index (κ3) is 4.18. The first kappa shape index (κ1) is 22.4. The Bertz CT molecular complexity index is 1050. The topological polar surface area (TPSA) is 44.1 Å². The second-order valence-corrected chi connectivity index (χ2v) is 10.8. The molecule has 0 radical (unpaired) electrons. The summed E-state index contributed by atoms with van der Waals surface area (Å²) in [6.07, 6.45) is 16.2. The summed E-state index contributed by atoms with van der Waals surface area (Å²) >= 11 is 0. The highest BCUT2D eigenvalue weighted by atomic mass is 16.5. The molecule has 4 nitrogen and oxygen atoms in total. The standard InChI is InChI=1S/C29H38N2O2/c1-4-5-6-7-14-33-23-9-11-24-21(16-23)8-10-26-25(24)12-13-29(2)27(26)17-22(28(29)32)15-20-18-30-31(3)19-20/h9,11,15-16,18-19,25-27H,4-8,10,12-14,17H2,1-3H3/b22-15+. The van der Waals surface area contributed by atoms with Gasteiger partial charge in [0, 0.05) is 24.2 Å². The Morgan fingerprint density at radius 2 is 2.12 bits per heavy atom. The van der Waals surface area contributed by atoms with E-state index in [0.29, 0.717) is 23.5 Å². The molecule has 33 heavy (non-hydrogen) atoms. The molecule has 0 saturated heterocycles. The number of rotatable bonds is 7. The molecule has 0 N–H and O–H groups in total.